The third-order valence-corrected chi connectivity index (χ3v) is 5.07. The number of anilines is 1. The van der Waals surface area contributed by atoms with Crippen LogP contribution in [-0.4, -0.2) is 21.6 Å². The molecule has 29 heavy (non-hydrogen) atoms. The molecule has 7 heteroatoms. The van der Waals surface area contributed by atoms with Crippen LogP contribution in [0.1, 0.15) is 34.2 Å². The highest BCUT2D eigenvalue weighted by molar-refractivity contribution is 9.10. The fraction of sp³-hybridized carbons (Fsp3) is 0.227. The van der Waals surface area contributed by atoms with Crippen molar-refractivity contribution in [3.63, 3.8) is 0 Å². The van der Waals surface area contributed by atoms with Gasteiger partial charge in [-0.25, -0.2) is 4.99 Å². The fourth-order valence-corrected chi connectivity index (χ4v) is 3.41. The Kier molecular flexibility index (Phi) is 6.82. The number of carbonyl (C=O) groups excluding carboxylic acids is 1. The zero-order chi connectivity index (χ0) is 20.8. The highest BCUT2D eigenvalue weighted by atomic mass is 79.9. The quantitative estimate of drug-likeness (QED) is 0.435. The van der Waals surface area contributed by atoms with E-state index < -0.39 is 0 Å². The van der Waals surface area contributed by atoms with Crippen LogP contribution in [0, 0.1) is 13.8 Å². The van der Waals surface area contributed by atoms with Gasteiger partial charge in [0.2, 0.25) is 5.96 Å². The molecule has 0 atom stereocenters. The van der Waals surface area contributed by atoms with Gasteiger partial charge in [0, 0.05) is 33.5 Å². The highest BCUT2D eigenvalue weighted by Gasteiger charge is 2.13. The summed E-state index contributed by atoms with van der Waals surface area (Å²) in [7, 11) is 0. The summed E-state index contributed by atoms with van der Waals surface area (Å²) in [6, 6.07) is 16.8. The monoisotopic (exact) mass is 453 g/mol. The standard InChI is InChI=1S/C22H24BrN5O/c1-4-28-16(3)20(15(2)27-28)14-24-22(25-19-12-8-11-18(23)13-19)26-21(29)17-9-6-5-7-10-17/h5-13H,4,14H2,1-3H3,(H2,24,25,26,29). The second-order valence-electron chi connectivity index (χ2n) is 6.59. The third kappa shape index (κ3) is 5.32. The van der Waals surface area contributed by atoms with Gasteiger partial charge in [-0.1, -0.05) is 40.2 Å². The molecule has 3 aromatic rings. The number of carbonyl (C=O) groups is 1. The van der Waals surface area contributed by atoms with Gasteiger partial charge >= 0.3 is 0 Å². The van der Waals surface area contributed by atoms with Crippen LogP contribution >= 0.6 is 15.9 Å². The number of halogens is 1. The largest absolute Gasteiger partial charge is 0.326 e. The Morgan fingerprint density at radius 3 is 2.55 bits per heavy atom. The Bertz CT molecular complexity index is 1030. The minimum atomic E-state index is -0.218. The van der Waals surface area contributed by atoms with E-state index in [-0.39, 0.29) is 5.91 Å². The smallest absolute Gasteiger partial charge is 0.257 e. The molecule has 2 N–H and O–H groups in total. The summed E-state index contributed by atoms with van der Waals surface area (Å²) >= 11 is 3.47. The second kappa shape index (κ2) is 9.52. The van der Waals surface area contributed by atoms with Crippen molar-refractivity contribution in [3.05, 3.63) is 81.6 Å². The zero-order valence-corrected chi connectivity index (χ0v) is 18.3. The first kappa shape index (κ1) is 20.8. The van der Waals surface area contributed by atoms with E-state index in [4.69, 9.17) is 0 Å². The van der Waals surface area contributed by atoms with Crippen LogP contribution < -0.4 is 10.6 Å². The van der Waals surface area contributed by atoms with Crippen LogP contribution in [0.3, 0.4) is 0 Å². The molecule has 0 aliphatic heterocycles. The molecule has 3 rings (SSSR count). The van der Waals surface area contributed by atoms with E-state index in [1.54, 1.807) is 12.1 Å². The van der Waals surface area contributed by atoms with E-state index in [9.17, 15) is 4.79 Å². The minimum absolute atomic E-state index is 0.218. The number of aromatic nitrogens is 2. The summed E-state index contributed by atoms with van der Waals surface area (Å²) < 4.78 is 2.90. The molecular formula is C22H24BrN5O. The van der Waals surface area contributed by atoms with Gasteiger partial charge in [0.15, 0.2) is 0 Å². The molecule has 1 amide bonds. The van der Waals surface area contributed by atoms with Crippen LogP contribution in [0.4, 0.5) is 5.69 Å². The molecule has 0 saturated heterocycles. The Balaban J connectivity index is 1.86. The molecule has 150 valence electrons. The molecule has 1 heterocycles. The lowest BCUT2D eigenvalue weighted by molar-refractivity contribution is 0.0977. The minimum Gasteiger partial charge on any atom is -0.326 e. The summed E-state index contributed by atoms with van der Waals surface area (Å²) in [5.74, 6) is 0.171. The number of aryl methyl sites for hydroxylation is 2. The SMILES string of the molecule is CCn1nc(C)c(CN=C(NC(=O)c2ccccc2)Nc2cccc(Br)c2)c1C. The average Bonchev–Trinajstić information content (AvgIpc) is 2.99. The molecule has 2 aromatic carbocycles. The Morgan fingerprint density at radius 2 is 1.90 bits per heavy atom. The van der Waals surface area contributed by atoms with Crippen LogP contribution in [-0.2, 0) is 13.1 Å². The predicted octanol–water partition coefficient (Wildman–Crippen LogP) is 4.68. The van der Waals surface area contributed by atoms with E-state index in [1.807, 2.05) is 61.0 Å². The van der Waals surface area contributed by atoms with Gasteiger partial charge in [0.05, 0.1) is 12.2 Å². The molecule has 0 aliphatic rings. The van der Waals surface area contributed by atoms with Gasteiger partial charge in [0.1, 0.15) is 0 Å². The first-order chi connectivity index (χ1) is 14.0. The van der Waals surface area contributed by atoms with E-state index in [2.05, 4.69) is 43.6 Å². The number of aliphatic imine (C=N–C) groups is 1. The van der Waals surface area contributed by atoms with Crippen molar-refractivity contribution >= 4 is 33.5 Å². The molecule has 1 aromatic heterocycles. The van der Waals surface area contributed by atoms with Crippen molar-refractivity contribution in [2.45, 2.75) is 33.9 Å². The number of rotatable bonds is 5. The first-order valence-electron chi connectivity index (χ1n) is 9.44. The molecule has 0 fully saturated rings. The molecule has 0 saturated carbocycles. The van der Waals surface area contributed by atoms with Crippen molar-refractivity contribution in [2.24, 2.45) is 4.99 Å². The Morgan fingerprint density at radius 1 is 1.14 bits per heavy atom. The third-order valence-electron chi connectivity index (χ3n) is 4.58. The molecule has 0 bridgehead atoms. The van der Waals surface area contributed by atoms with Crippen molar-refractivity contribution in [1.29, 1.82) is 0 Å². The van der Waals surface area contributed by atoms with E-state index in [0.717, 1.165) is 33.7 Å². The van der Waals surface area contributed by atoms with Crippen LogP contribution in [0.15, 0.2) is 64.1 Å². The van der Waals surface area contributed by atoms with E-state index >= 15 is 0 Å². The molecule has 0 aliphatic carbocycles. The maximum Gasteiger partial charge on any atom is 0.257 e. The summed E-state index contributed by atoms with van der Waals surface area (Å²) in [5.41, 5.74) is 4.50. The van der Waals surface area contributed by atoms with Crippen molar-refractivity contribution in [1.82, 2.24) is 15.1 Å². The topological polar surface area (TPSA) is 71.3 Å². The maximum atomic E-state index is 12.7. The number of nitrogens with one attached hydrogen (secondary N) is 2. The average molecular weight is 454 g/mol. The van der Waals surface area contributed by atoms with Crippen LogP contribution in [0.2, 0.25) is 0 Å². The normalized spacial score (nSPS) is 11.4. The summed E-state index contributed by atoms with van der Waals surface area (Å²) in [5, 5.41) is 10.6. The number of nitrogens with zero attached hydrogens (tertiary/aromatic N) is 3. The van der Waals surface area contributed by atoms with Crippen LogP contribution in [0.5, 0.6) is 0 Å². The predicted molar refractivity (Wildman–Crippen MR) is 120 cm³/mol. The van der Waals surface area contributed by atoms with E-state index in [1.165, 1.54) is 0 Å². The molecule has 0 radical (unpaired) electrons. The molecule has 6 nitrogen and oxygen atoms in total. The van der Waals surface area contributed by atoms with E-state index in [0.29, 0.717) is 18.1 Å². The van der Waals surface area contributed by atoms with Gasteiger partial charge in [0.25, 0.3) is 5.91 Å². The maximum absolute atomic E-state index is 12.7. The Hall–Kier alpha value is -2.93. The van der Waals surface area contributed by atoms with Gasteiger partial charge in [-0.2, -0.15) is 5.10 Å². The fourth-order valence-electron chi connectivity index (χ4n) is 3.01. The summed E-state index contributed by atoms with van der Waals surface area (Å²) in [6.45, 7) is 7.31. The lowest BCUT2D eigenvalue weighted by Gasteiger charge is -2.12. The molecular weight excluding hydrogens is 430 g/mol. The Labute approximate surface area is 179 Å². The van der Waals surface area contributed by atoms with Crippen molar-refractivity contribution in [2.75, 3.05) is 5.32 Å². The molecule has 0 unspecified atom stereocenters. The number of amides is 1. The van der Waals surface area contributed by atoms with Crippen molar-refractivity contribution in [3.8, 4) is 0 Å². The summed E-state index contributed by atoms with van der Waals surface area (Å²) in [4.78, 5) is 17.3. The number of hydrogen-bond donors (Lipinski definition) is 2. The number of benzene rings is 2. The second-order valence-corrected chi connectivity index (χ2v) is 7.50. The van der Waals surface area contributed by atoms with Gasteiger partial charge < -0.3 is 5.32 Å². The number of hydrogen-bond acceptors (Lipinski definition) is 3. The van der Waals surface area contributed by atoms with Gasteiger partial charge in [-0.15, -0.1) is 0 Å². The first-order valence-corrected chi connectivity index (χ1v) is 10.2. The lowest BCUT2D eigenvalue weighted by atomic mass is 10.2. The number of guanidine groups is 1. The molecule has 0 spiro atoms. The summed E-state index contributed by atoms with van der Waals surface area (Å²) in [6.07, 6.45) is 0. The van der Waals surface area contributed by atoms with Gasteiger partial charge in [-0.05, 0) is 51.1 Å². The van der Waals surface area contributed by atoms with Crippen molar-refractivity contribution < 1.29 is 4.79 Å². The van der Waals surface area contributed by atoms with Crippen LogP contribution in [0.25, 0.3) is 0 Å². The van der Waals surface area contributed by atoms with Gasteiger partial charge in [-0.3, -0.25) is 14.8 Å². The zero-order valence-electron chi connectivity index (χ0n) is 16.7. The highest BCUT2D eigenvalue weighted by Crippen LogP contribution is 2.17. The lowest BCUT2D eigenvalue weighted by Crippen LogP contribution is -2.36.